The number of aromatic carboxylic acids is 1. The summed E-state index contributed by atoms with van der Waals surface area (Å²) in [5, 5.41) is 12.7. The van der Waals surface area contributed by atoms with Crippen molar-refractivity contribution in [2.75, 3.05) is 0 Å². The molecule has 2 aromatic heterocycles. The molecule has 0 radical (unpaired) electrons. The Bertz CT molecular complexity index is 451. The van der Waals surface area contributed by atoms with Gasteiger partial charge in [0.25, 0.3) is 0 Å². The molecule has 1 N–H and O–H groups in total. The highest BCUT2D eigenvalue weighted by Crippen LogP contribution is 2.06. The normalized spacial score (nSPS) is 10.0. The van der Waals surface area contributed by atoms with Crippen LogP contribution in [0.2, 0.25) is 0 Å². The summed E-state index contributed by atoms with van der Waals surface area (Å²) in [6.07, 6.45) is 5.77. The molecule has 2 heterocycles. The lowest BCUT2D eigenvalue weighted by molar-refractivity contribution is 0.0687. The van der Waals surface area contributed by atoms with E-state index in [1.807, 2.05) is 0 Å². The average Bonchev–Trinajstić information content (AvgIpc) is 2.67. The Kier molecular flexibility index (Phi) is 1.94. The van der Waals surface area contributed by atoms with Gasteiger partial charge in [0.15, 0.2) is 5.69 Å². The molecule has 0 amide bonds. The molecule has 0 spiro atoms. The molecule has 2 rings (SSSR count). The highest BCUT2D eigenvalue weighted by Gasteiger charge is 2.11. The number of carboxylic acid groups (broad SMARTS) is 1. The number of hydrogen-bond acceptors (Lipinski definition) is 4. The quantitative estimate of drug-likeness (QED) is 0.739. The van der Waals surface area contributed by atoms with E-state index in [9.17, 15) is 4.79 Å². The minimum absolute atomic E-state index is 0.0831. The van der Waals surface area contributed by atoms with Crippen LogP contribution in [0.5, 0.6) is 0 Å². The average molecular weight is 190 g/mol. The van der Waals surface area contributed by atoms with Crippen molar-refractivity contribution < 1.29 is 9.90 Å². The highest BCUT2D eigenvalue weighted by molar-refractivity contribution is 5.86. The molecule has 0 bridgehead atoms. The number of carbonyl (C=O) groups is 1. The number of aromatic nitrogens is 4. The van der Waals surface area contributed by atoms with Gasteiger partial charge < -0.3 is 5.11 Å². The van der Waals surface area contributed by atoms with E-state index in [-0.39, 0.29) is 5.69 Å². The first kappa shape index (κ1) is 8.36. The fourth-order valence-corrected chi connectivity index (χ4v) is 1.07. The molecular formula is C8H6N4O2. The molecule has 70 valence electrons. The lowest BCUT2D eigenvalue weighted by Crippen LogP contribution is -2.08. The van der Waals surface area contributed by atoms with E-state index in [4.69, 9.17) is 5.11 Å². The molecule has 6 heteroatoms. The van der Waals surface area contributed by atoms with Gasteiger partial charge in [-0.1, -0.05) is 0 Å². The summed E-state index contributed by atoms with van der Waals surface area (Å²) < 4.78 is 1.27. The predicted molar refractivity (Wildman–Crippen MR) is 46.1 cm³/mol. The molecule has 0 fully saturated rings. The lowest BCUT2D eigenvalue weighted by Gasteiger charge is -2.01. The lowest BCUT2D eigenvalue weighted by atomic mass is 10.4. The van der Waals surface area contributed by atoms with Gasteiger partial charge in [-0.3, -0.25) is 0 Å². The van der Waals surface area contributed by atoms with Crippen LogP contribution in [-0.4, -0.2) is 30.8 Å². The van der Waals surface area contributed by atoms with Crippen LogP contribution in [0.3, 0.4) is 0 Å². The predicted octanol–water partition coefficient (Wildman–Crippen LogP) is 0.360. The molecule has 0 aliphatic rings. The first-order chi connectivity index (χ1) is 6.79. The van der Waals surface area contributed by atoms with Crippen molar-refractivity contribution in [1.82, 2.24) is 19.7 Å². The zero-order valence-electron chi connectivity index (χ0n) is 7.03. The molecule has 14 heavy (non-hydrogen) atoms. The van der Waals surface area contributed by atoms with Gasteiger partial charge >= 0.3 is 5.97 Å². The number of carboxylic acids is 1. The summed E-state index contributed by atoms with van der Waals surface area (Å²) in [6, 6.07) is 1.41. The van der Waals surface area contributed by atoms with E-state index >= 15 is 0 Å². The standard InChI is InChI=1S/C8H6N4O2/c13-8(14)7-1-2-11-12(7)6-3-9-5-10-4-6/h1-5H,(H,13,14). The molecule has 6 nitrogen and oxygen atoms in total. The third-order valence-corrected chi connectivity index (χ3v) is 1.65. The fraction of sp³-hybridized carbons (Fsp3) is 0. The van der Waals surface area contributed by atoms with E-state index in [1.54, 1.807) is 0 Å². The number of nitrogens with zero attached hydrogens (tertiary/aromatic N) is 4. The highest BCUT2D eigenvalue weighted by atomic mass is 16.4. The van der Waals surface area contributed by atoms with E-state index < -0.39 is 5.97 Å². The zero-order valence-corrected chi connectivity index (χ0v) is 7.03. The molecule has 2 aromatic rings. The van der Waals surface area contributed by atoms with Crippen molar-refractivity contribution >= 4 is 5.97 Å². The summed E-state index contributed by atoms with van der Waals surface area (Å²) in [5.41, 5.74) is 0.606. The van der Waals surface area contributed by atoms with Gasteiger partial charge in [-0.25, -0.2) is 19.4 Å². The maximum Gasteiger partial charge on any atom is 0.354 e. The molecule has 0 unspecified atom stereocenters. The topological polar surface area (TPSA) is 80.9 Å². The van der Waals surface area contributed by atoms with E-state index in [1.165, 1.54) is 35.7 Å². The maximum absolute atomic E-state index is 10.8. The molecular weight excluding hydrogens is 184 g/mol. The van der Waals surface area contributed by atoms with Crippen LogP contribution in [0.4, 0.5) is 0 Å². The van der Waals surface area contributed by atoms with Crippen molar-refractivity contribution in [2.45, 2.75) is 0 Å². The summed E-state index contributed by atoms with van der Waals surface area (Å²) in [4.78, 5) is 18.3. The third kappa shape index (κ3) is 1.33. The third-order valence-electron chi connectivity index (χ3n) is 1.65. The van der Waals surface area contributed by atoms with Crippen molar-refractivity contribution in [2.24, 2.45) is 0 Å². The fourth-order valence-electron chi connectivity index (χ4n) is 1.07. The second-order valence-electron chi connectivity index (χ2n) is 2.53. The van der Waals surface area contributed by atoms with Gasteiger partial charge in [0.05, 0.1) is 18.6 Å². The summed E-state index contributed by atoms with van der Waals surface area (Å²) in [6.45, 7) is 0. The SMILES string of the molecule is O=C(O)c1ccnn1-c1cncnc1. The zero-order chi connectivity index (χ0) is 9.97. The first-order valence-corrected chi connectivity index (χ1v) is 3.82. The summed E-state index contributed by atoms with van der Waals surface area (Å²) in [7, 11) is 0. The van der Waals surface area contributed by atoms with Crippen molar-refractivity contribution in [1.29, 1.82) is 0 Å². The minimum atomic E-state index is -1.04. The molecule has 0 saturated heterocycles. The Labute approximate surface area is 78.9 Å². The van der Waals surface area contributed by atoms with Crippen molar-refractivity contribution in [3.63, 3.8) is 0 Å². The summed E-state index contributed by atoms with van der Waals surface area (Å²) >= 11 is 0. The molecule has 0 aliphatic carbocycles. The van der Waals surface area contributed by atoms with E-state index in [2.05, 4.69) is 15.1 Å². The van der Waals surface area contributed by atoms with Gasteiger partial charge in [0, 0.05) is 0 Å². The molecule has 0 atom stereocenters. The Morgan fingerprint density at radius 3 is 2.71 bits per heavy atom. The Morgan fingerprint density at radius 2 is 2.07 bits per heavy atom. The van der Waals surface area contributed by atoms with Gasteiger partial charge in [-0.05, 0) is 6.07 Å². The van der Waals surface area contributed by atoms with Gasteiger partial charge in [-0.15, -0.1) is 0 Å². The van der Waals surface area contributed by atoms with Gasteiger partial charge in [-0.2, -0.15) is 5.10 Å². The minimum Gasteiger partial charge on any atom is -0.477 e. The van der Waals surface area contributed by atoms with Crippen LogP contribution in [0.1, 0.15) is 10.5 Å². The van der Waals surface area contributed by atoms with Crippen molar-refractivity contribution in [3.05, 3.63) is 36.7 Å². The van der Waals surface area contributed by atoms with Gasteiger partial charge in [0.1, 0.15) is 12.0 Å². The number of hydrogen-bond donors (Lipinski definition) is 1. The molecule has 0 saturated carbocycles. The van der Waals surface area contributed by atoms with Crippen LogP contribution < -0.4 is 0 Å². The molecule has 0 aromatic carbocycles. The van der Waals surface area contributed by atoms with Crippen LogP contribution in [0.25, 0.3) is 5.69 Å². The van der Waals surface area contributed by atoms with Crippen LogP contribution >= 0.6 is 0 Å². The summed E-state index contributed by atoms with van der Waals surface area (Å²) in [5.74, 6) is -1.04. The Balaban J connectivity index is 2.52. The number of rotatable bonds is 2. The van der Waals surface area contributed by atoms with Crippen LogP contribution in [0.15, 0.2) is 31.0 Å². The largest absolute Gasteiger partial charge is 0.477 e. The van der Waals surface area contributed by atoms with E-state index in [0.717, 1.165) is 0 Å². The van der Waals surface area contributed by atoms with Crippen LogP contribution in [0, 0.1) is 0 Å². The maximum atomic E-state index is 10.8. The van der Waals surface area contributed by atoms with E-state index in [0.29, 0.717) is 5.69 Å². The van der Waals surface area contributed by atoms with Gasteiger partial charge in [0.2, 0.25) is 0 Å². The van der Waals surface area contributed by atoms with Crippen molar-refractivity contribution in [3.8, 4) is 5.69 Å². The first-order valence-electron chi connectivity index (χ1n) is 3.82. The Hall–Kier alpha value is -2.24. The molecule has 0 aliphatic heterocycles. The smallest absolute Gasteiger partial charge is 0.354 e. The van der Waals surface area contributed by atoms with Crippen LogP contribution in [-0.2, 0) is 0 Å². The second-order valence-corrected chi connectivity index (χ2v) is 2.53. The second kappa shape index (κ2) is 3.25. The monoisotopic (exact) mass is 190 g/mol. The Morgan fingerprint density at radius 1 is 1.36 bits per heavy atom.